The number of hydrogen-bond acceptors (Lipinski definition) is 4. The van der Waals surface area contributed by atoms with E-state index in [0.717, 1.165) is 28.2 Å². The second-order valence-corrected chi connectivity index (χ2v) is 7.39. The Morgan fingerprint density at radius 1 is 0.938 bits per heavy atom. The van der Waals surface area contributed by atoms with Gasteiger partial charge in [-0.3, -0.25) is 4.79 Å². The van der Waals surface area contributed by atoms with Crippen LogP contribution >= 0.6 is 0 Å². The summed E-state index contributed by atoms with van der Waals surface area (Å²) < 4.78 is 13.8. The topological polar surface area (TPSA) is 65.4 Å². The van der Waals surface area contributed by atoms with Crippen LogP contribution in [-0.2, 0) is 13.1 Å². The Bertz CT molecular complexity index is 1220. The number of carbonyl (C=O) groups is 1. The summed E-state index contributed by atoms with van der Waals surface area (Å²) in [5.74, 6) is 2.13. The van der Waals surface area contributed by atoms with Gasteiger partial charge in [0.05, 0.1) is 30.7 Å². The first-order valence-corrected chi connectivity index (χ1v) is 10.8. The predicted octanol–water partition coefficient (Wildman–Crippen LogP) is 4.75. The smallest absolute Gasteiger partial charge is 0.251 e. The first-order chi connectivity index (χ1) is 15.7. The molecule has 0 saturated carbocycles. The van der Waals surface area contributed by atoms with E-state index in [0.29, 0.717) is 37.6 Å². The first kappa shape index (κ1) is 21.4. The Hall–Kier alpha value is -3.80. The van der Waals surface area contributed by atoms with E-state index >= 15 is 0 Å². The Morgan fingerprint density at radius 3 is 2.41 bits per heavy atom. The van der Waals surface area contributed by atoms with Gasteiger partial charge in [0.15, 0.2) is 11.5 Å². The van der Waals surface area contributed by atoms with Crippen molar-refractivity contribution in [2.45, 2.75) is 26.9 Å². The molecular weight excluding hydrogens is 402 g/mol. The van der Waals surface area contributed by atoms with Crippen molar-refractivity contribution in [3.05, 3.63) is 89.7 Å². The van der Waals surface area contributed by atoms with Crippen LogP contribution in [0.3, 0.4) is 0 Å². The lowest BCUT2D eigenvalue weighted by atomic mass is 10.1. The summed E-state index contributed by atoms with van der Waals surface area (Å²) >= 11 is 0. The van der Waals surface area contributed by atoms with Crippen LogP contribution in [0.2, 0.25) is 0 Å². The third kappa shape index (κ3) is 4.75. The molecule has 6 heteroatoms. The molecule has 0 bridgehead atoms. The molecule has 164 valence electrons. The fraction of sp³-hybridized carbons (Fsp3) is 0.231. The van der Waals surface area contributed by atoms with Gasteiger partial charge in [-0.05, 0) is 49.7 Å². The van der Waals surface area contributed by atoms with Gasteiger partial charge in [-0.25, -0.2) is 4.98 Å². The summed E-state index contributed by atoms with van der Waals surface area (Å²) in [5.41, 5.74) is 3.52. The van der Waals surface area contributed by atoms with Gasteiger partial charge in [0, 0.05) is 5.56 Å². The van der Waals surface area contributed by atoms with Gasteiger partial charge in [-0.1, -0.05) is 42.5 Å². The Balaban J connectivity index is 1.49. The lowest BCUT2D eigenvalue weighted by molar-refractivity contribution is 0.0949. The number of nitrogens with one attached hydrogen (secondary N) is 1. The molecule has 0 unspecified atom stereocenters. The Kier molecular flexibility index (Phi) is 6.70. The van der Waals surface area contributed by atoms with Gasteiger partial charge >= 0.3 is 0 Å². The zero-order chi connectivity index (χ0) is 22.3. The lowest BCUT2D eigenvalue weighted by Gasteiger charge is -2.14. The number of aryl methyl sites for hydroxylation is 1. The molecule has 6 nitrogen and oxygen atoms in total. The van der Waals surface area contributed by atoms with Gasteiger partial charge in [0.25, 0.3) is 5.91 Å². The molecule has 1 heterocycles. The summed E-state index contributed by atoms with van der Waals surface area (Å²) in [4.78, 5) is 17.4. The molecule has 1 aromatic heterocycles. The summed E-state index contributed by atoms with van der Waals surface area (Å²) in [5, 5.41) is 3.01. The number of ether oxygens (including phenoxy) is 2. The van der Waals surface area contributed by atoms with Gasteiger partial charge in [0.1, 0.15) is 12.4 Å². The average Bonchev–Trinajstić information content (AvgIpc) is 3.16. The number of benzene rings is 3. The highest BCUT2D eigenvalue weighted by Crippen LogP contribution is 2.26. The van der Waals surface area contributed by atoms with E-state index in [9.17, 15) is 4.79 Å². The number of hydrogen-bond donors (Lipinski definition) is 1. The Labute approximate surface area is 187 Å². The number of rotatable bonds is 9. The highest BCUT2D eigenvalue weighted by atomic mass is 16.5. The van der Waals surface area contributed by atoms with E-state index < -0.39 is 0 Å². The number of fused-ring (bicyclic) bond motifs is 1. The van der Waals surface area contributed by atoms with Crippen molar-refractivity contribution < 1.29 is 14.3 Å². The fourth-order valence-corrected chi connectivity index (χ4v) is 3.68. The third-order valence-corrected chi connectivity index (χ3v) is 5.25. The van der Waals surface area contributed by atoms with Crippen LogP contribution in [-0.4, -0.2) is 28.7 Å². The molecule has 0 aliphatic carbocycles. The van der Waals surface area contributed by atoms with Crippen molar-refractivity contribution in [3.8, 4) is 11.5 Å². The normalized spacial score (nSPS) is 10.8. The van der Waals surface area contributed by atoms with E-state index in [-0.39, 0.29) is 5.91 Å². The van der Waals surface area contributed by atoms with Crippen LogP contribution in [0.5, 0.6) is 11.5 Å². The van der Waals surface area contributed by atoms with Crippen molar-refractivity contribution >= 4 is 16.9 Å². The van der Waals surface area contributed by atoms with Crippen LogP contribution in [0, 0.1) is 6.92 Å². The lowest BCUT2D eigenvalue weighted by Crippen LogP contribution is -2.26. The van der Waals surface area contributed by atoms with E-state index in [1.807, 2.05) is 86.6 Å². The van der Waals surface area contributed by atoms with Crippen molar-refractivity contribution in [1.29, 1.82) is 0 Å². The molecule has 0 fully saturated rings. The van der Waals surface area contributed by atoms with E-state index in [4.69, 9.17) is 14.5 Å². The average molecular weight is 430 g/mol. The van der Waals surface area contributed by atoms with Crippen LogP contribution in [0.15, 0.2) is 72.8 Å². The molecule has 0 radical (unpaired) electrons. The number of carbonyl (C=O) groups excluding carboxylic acids is 1. The number of para-hydroxylation sites is 4. The van der Waals surface area contributed by atoms with Crippen molar-refractivity contribution in [2.24, 2.45) is 0 Å². The van der Waals surface area contributed by atoms with Crippen LogP contribution < -0.4 is 14.8 Å². The summed E-state index contributed by atoms with van der Waals surface area (Å²) in [6, 6.07) is 23.2. The minimum absolute atomic E-state index is 0.108. The highest BCUT2D eigenvalue weighted by Gasteiger charge is 2.14. The zero-order valence-electron chi connectivity index (χ0n) is 18.4. The second kappa shape index (κ2) is 10.0. The van der Waals surface area contributed by atoms with Gasteiger partial charge in [0.2, 0.25) is 0 Å². The molecule has 0 aliphatic rings. The van der Waals surface area contributed by atoms with Crippen LogP contribution in [0.25, 0.3) is 11.0 Å². The third-order valence-electron chi connectivity index (χ3n) is 5.25. The van der Waals surface area contributed by atoms with Crippen molar-refractivity contribution in [1.82, 2.24) is 14.9 Å². The van der Waals surface area contributed by atoms with Crippen molar-refractivity contribution in [2.75, 3.05) is 13.2 Å². The maximum atomic E-state index is 12.7. The summed E-state index contributed by atoms with van der Waals surface area (Å²) in [6.45, 7) is 5.84. The maximum Gasteiger partial charge on any atom is 0.251 e. The SMILES string of the molecule is CCOc1ccccc1OCCn1c(CNC(=O)c2ccccc2C)nc2ccccc21. The summed E-state index contributed by atoms with van der Waals surface area (Å²) in [6.07, 6.45) is 0. The van der Waals surface area contributed by atoms with E-state index in [1.165, 1.54) is 0 Å². The molecule has 3 aromatic carbocycles. The molecule has 0 saturated heterocycles. The predicted molar refractivity (Wildman–Crippen MR) is 125 cm³/mol. The van der Waals surface area contributed by atoms with Crippen molar-refractivity contribution in [3.63, 3.8) is 0 Å². The number of amides is 1. The van der Waals surface area contributed by atoms with Crippen LogP contribution in [0.4, 0.5) is 0 Å². The van der Waals surface area contributed by atoms with E-state index in [1.54, 1.807) is 0 Å². The molecule has 4 rings (SSSR count). The molecule has 0 atom stereocenters. The first-order valence-electron chi connectivity index (χ1n) is 10.8. The minimum Gasteiger partial charge on any atom is -0.490 e. The monoisotopic (exact) mass is 429 g/mol. The molecular formula is C26H27N3O3. The highest BCUT2D eigenvalue weighted by molar-refractivity contribution is 5.95. The minimum atomic E-state index is -0.108. The van der Waals surface area contributed by atoms with Gasteiger partial charge in [-0.2, -0.15) is 0 Å². The molecule has 0 aliphatic heterocycles. The Morgan fingerprint density at radius 2 is 1.62 bits per heavy atom. The van der Waals surface area contributed by atoms with E-state index in [2.05, 4.69) is 9.88 Å². The molecule has 32 heavy (non-hydrogen) atoms. The quantitative estimate of drug-likeness (QED) is 0.417. The number of imidazole rings is 1. The number of aromatic nitrogens is 2. The van der Waals surface area contributed by atoms with Crippen LogP contribution in [0.1, 0.15) is 28.7 Å². The zero-order valence-corrected chi connectivity index (χ0v) is 18.4. The fourth-order valence-electron chi connectivity index (χ4n) is 3.68. The second-order valence-electron chi connectivity index (χ2n) is 7.39. The standard InChI is InChI=1S/C26H27N3O3/c1-3-31-23-14-8-9-15-24(23)32-17-16-29-22-13-7-6-12-21(22)28-25(29)18-27-26(30)20-11-5-4-10-19(20)2/h4-15H,3,16-18H2,1-2H3,(H,27,30). The molecule has 0 spiro atoms. The summed E-state index contributed by atoms with van der Waals surface area (Å²) in [7, 11) is 0. The molecule has 1 amide bonds. The maximum absolute atomic E-state index is 12.7. The molecule has 1 N–H and O–H groups in total. The molecule has 4 aromatic rings. The number of nitrogens with zero attached hydrogens (tertiary/aromatic N) is 2. The van der Waals surface area contributed by atoms with Gasteiger partial charge in [-0.15, -0.1) is 0 Å². The largest absolute Gasteiger partial charge is 0.490 e. The van der Waals surface area contributed by atoms with Gasteiger partial charge < -0.3 is 19.4 Å².